The van der Waals surface area contributed by atoms with E-state index in [0.29, 0.717) is 0 Å². The summed E-state index contributed by atoms with van der Waals surface area (Å²) in [5.41, 5.74) is 0. The van der Waals surface area contributed by atoms with E-state index in [1.54, 1.807) is 0 Å². The van der Waals surface area contributed by atoms with Gasteiger partial charge in [0.2, 0.25) is 0 Å². The molecule has 0 aromatic rings. The molecular weight excluding hydrogens is 276 g/mol. The Bertz CT molecular complexity index is 265. The van der Waals surface area contributed by atoms with Gasteiger partial charge in [0, 0.05) is 0 Å². The Hall–Kier alpha value is 0. The van der Waals surface area contributed by atoms with Gasteiger partial charge in [-0.3, -0.25) is 0 Å². The first-order chi connectivity index (χ1) is 10.7. The lowest BCUT2D eigenvalue weighted by Gasteiger charge is -2.37. The maximum absolute atomic E-state index is 2.34. The van der Waals surface area contributed by atoms with Crippen LogP contribution in [0.5, 0.6) is 0 Å². The van der Waals surface area contributed by atoms with Crippen molar-refractivity contribution >= 4 is 0 Å². The van der Waals surface area contributed by atoms with Crippen molar-refractivity contribution in [1.29, 1.82) is 0 Å². The summed E-state index contributed by atoms with van der Waals surface area (Å²) in [6.07, 6.45) is 10.4. The second-order valence-electron chi connectivity index (χ2n) is 10.5. The van der Waals surface area contributed by atoms with E-state index in [1.165, 1.54) is 44.9 Å². The molecule has 2 saturated carbocycles. The third kappa shape index (κ3) is 9.78. The maximum Gasteiger partial charge on any atom is -0.0380 e. The van der Waals surface area contributed by atoms with Gasteiger partial charge in [0.25, 0.3) is 0 Å². The van der Waals surface area contributed by atoms with E-state index < -0.39 is 0 Å². The highest BCUT2D eigenvalue weighted by molar-refractivity contribution is 4.87. The van der Waals surface area contributed by atoms with Crippen LogP contribution in [-0.2, 0) is 0 Å². The molecule has 2 aliphatic carbocycles. The number of hydrogen-bond donors (Lipinski definition) is 0. The highest BCUT2D eigenvalue weighted by Gasteiger charge is 2.36. The summed E-state index contributed by atoms with van der Waals surface area (Å²) in [5, 5.41) is 0. The molecule has 0 aromatic carbocycles. The summed E-state index contributed by atoms with van der Waals surface area (Å²) >= 11 is 0. The highest BCUT2D eigenvalue weighted by Crippen LogP contribution is 2.46. The van der Waals surface area contributed by atoms with Crippen LogP contribution in [0.25, 0.3) is 0 Å². The zero-order valence-corrected chi connectivity index (χ0v) is 17.6. The van der Waals surface area contributed by atoms with Gasteiger partial charge in [-0.1, -0.05) is 55.4 Å². The molecule has 0 nitrogen and oxygen atoms in total. The average Bonchev–Trinajstić information content (AvgIpc) is 3.01. The summed E-state index contributed by atoms with van der Waals surface area (Å²) in [6, 6.07) is 0. The minimum absolute atomic E-state index is 0.912. The molecule has 0 N–H and O–H groups in total. The van der Waals surface area contributed by atoms with Crippen LogP contribution >= 0.6 is 0 Å². The van der Waals surface area contributed by atoms with Crippen molar-refractivity contribution in [2.24, 2.45) is 47.3 Å². The quantitative estimate of drug-likeness (QED) is 0.427. The average molecular weight is 323 g/mol. The minimum atomic E-state index is 0.912. The monoisotopic (exact) mass is 322 g/mol. The number of rotatable bonds is 8. The zero-order valence-electron chi connectivity index (χ0n) is 17.6. The van der Waals surface area contributed by atoms with Gasteiger partial charge in [-0.25, -0.2) is 0 Å². The van der Waals surface area contributed by atoms with Gasteiger partial charge in [0.05, 0.1) is 0 Å². The molecule has 23 heavy (non-hydrogen) atoms. The van der Waals surface area contributed by atoms with E-state index in [9.17, 15) is 0 Å². The lowest BCUT2D eigenvalue weighted by molar-refractivity contribution is 0.142. The Balaban J connectivity index is 0.000000231. The summed E-state index contributed by atoms with van der Waals surface area (Å²) in [4.78, 5) is 0. The molecular formula is C23H46. The minimum Gasteiger partial charge on any atom is -0.0628 e. The van der Waals surface area contributed by atoms with Crippen LogP contribution in [0.2, 0.25) is 0 Å². The fraction of sp³-hybridized carbons (Fsp3) is 1.00. The highest BCUT2D eigenvalue weighted by atomic mass is 14.4. The van der Waals surface area contributed by atoms with Crippen molar-refractivity contribution < 1.29 is 0 Å². The summed E-state index contributed by atoms with van der Waals surface area (Å²) < 4.78 is 0. The molecule has 0 aliphatic heterocycles. The second-order valence-corrected chi connectivity index (χ2v) is 10.5. The molecule has 2 rings (SSSR count). The van der Waals surface area contributed by atoms with Crippen LogP contribution in [-0.4, -0.2) is 0 Å². The molecule has 138 valence electrons. The van der Waals surface area contributed by atoms with Gasteiger partial charge in [-0.05, 0) is 92.3 Å². The zero-order chi connectivity index (χ0) is 17.6. The predicted octanol–water partition coefficient (Wildman–Crippen LogP) is 7.82. The molecule has 0 heterocycles. The van der Waals surface area contributed by atoms with Gasteiger partial charge in [-0.2, -0.15) is 0 Å². The standard InChI is InChI=1S/C12H24.C11H22/c1-9(2)5-11-7-12(8-11)6-10(3)4;1-8(2)5-10-7-11(10)6-9(3)4/h9-12H,5-8H2,1-4H3;8-11H,5-7H2,1-4H3. The van der Waals surface area contributed by atoms with Gasteiger partial charge in [0.15, 0.2) is 0 Å². The molecule has 0 aromatic heterocycles. The lowest BCUT2D eigenvalue weighted by Crippen LogP contribution is -2.25. The van der Waals surface area contributed by atoms with Crippen molar-refractivity contribution in [3.63, 3.8) is 0 Å². The Labute approximate surface area is 148 Å². The van der Waals surface area contributed by atoms with Crippen LogP contribution < -0.4 is 0 Å². The Morgan fingerprint density at radius 1 is 0.478 bits per heavy atom. The first-order valence-electron chi connectivity index (χ1n) is 10.7. The van der Waals surface area contributed by atoms with Crippen LogP contribution in [0, 0.1) is 47.3 Å². The first-order valence-corrected chi connectivity index (χ1v) is 10.7. The fourth-order valence-electron chi connectivity index (χ4n) is 4.69. The van der Waals surface area contributed by atoms with E-state index in [-0.39, 0.29) is 0 Å². The molecule has 0 amide bonds. The van der Waals surface area contributed by atoms with Gasteiger partial charge < -0.3 is 0 Å². The predicted molar refractivity (Wildman–Crippen MR) is 106 cm³/mol. The summed E-state index contributed by atoms with van der Waals surface area (Å²) in [5.74, 6) is 8.00. The summed E-state index contributed by atoms with van der Waals surface area (Å²) in [6.45, 7) is 18.7. The molecule has 2 fully saturated rings. The molecule has 0 spiro atoms. The van der Waals surface area contributed by atoms with E-state index in [1.807, 2.05) is 0 Å². The molecule has 2 atom stereocenters. The SMILES string of the molecule is CC(C)CC1CC(CC(C)C)C1.CC(C)CC1CC1CC(C)C. The Morgan fingerprint density at radius 2 is 0.783 bits per heavy atom. The normalized spacial score (nSPS) is 29.7. The number of hydrogen-bond acceptors (Lipinski definition) is 0. The Morgan fingerprint density at radius 3 is 1.04 bits per heavy atom. The topological polar surface area (TPSA) is 0 Å². The second kappa shape index (κ2) is 10.1. The smallest absolute Gasteiger partial charge is 0.0380 e. The van der Waals surface area contributed by atoms with Crippen molar-refractivity contribution in [2.75, 3.05) is 0 Å². The fourth-order valence-corrected chi connectivity index (χ4v) is 4.69. The molecule has 0 heteroatoms. The van der Waals surface area contributed by atoms with Gasteiger partial charge in [0.1, 0.15) is 0 Å². The van der Waals surface area contributed by atoms with E-state index in [2.05, 4.69) is 55.4 Å². The van der Waals surface area contributed by atoms with Gasteiger partial charge >= 0.3 is 0 Å². The first kappa shape index (κ1) is 21.0. The molecule has 0 bridgehead atoms. The van der Waals surface area contributed by atoms with Crippen molar-refractivity contribution in [3.8, 4) is 0 Å². The third-order valence-electron chi connectivity index (χ3n) is 5.56. The largest absolute Gasteiger partial charge is 0.0628 e. The molecule has 0 saturated heterocycles. The Kier molecular flexibility index (Phi) is 9.24. The molecule has 2 unspecified atom stereocenters. The van der Waals surface area contributed by atoms with Crippen molar-refractivity contribution in [2.45, 2.75) is 100 Å². The molecule has 2 aliphatic rings. The van der Waals surface area contributed by atoms with Crippen molar-refractivity contribution in [1.82, 2.24) is 0 Å². The maximum atomic E-state index is 2.34. The van der Waals surface area contributed by atoms with Crippen LogP contribution in [0.3, 0.4) is 0 Å². The van der Waals surface area contributed by atoms with Crippen molar-refractivity contribution in [3.05, 3.63) is 0 Å². The van der Waals surface area contributed by atoms with Gasteiger partial charge in [-0.15, -0.1) is 0 Å². The van der Waals surface area contributed by atoms with Crippen LogP contribution in [0.1, 0.15) is 100 Å². The van der Waals surface area contributed by atoms with E-state index in [0.717, 1.165) is 47.3 Å². The molecule has 0 radical (unpaired) electrons. The van der Waals surface area contributed by atoms with Crippen LogP contribution in [0.4, 0.5) is 0 Å². The third-order valence-corrected chi connectivity index (χ3v) is 5.56. The van der Waals surface area contributed by atoms with Crippen LogP contribution in [0.15, 0.2) is 0 Å². The summed E-state index contributed by atoms with van der Waals surface area (Å²) in [7, 11) is 0. The van der Waals surface area contributed by atoms with E-state index >= 15 is 0 Å². The van der Waals surface area contributed by atoms with E-state index in [4.69, 9.17) is 0 Å². The lowest BCUT2D eigenvalue weighted by atomic mass is 9.69.